The van der Waals surface area contributed by atoms with Crippen molar-refractivity contribution < 1.29 is 14.3 Å². The maximum absolute atomic E-state index is 13.0. The monoisotopic (exact) mass is 536 g/mol. The van der Waals surface area contributed by atoms with Gasteiger partial charge < -0.3 is 10.1 Å². The number of nitrogens with one attached hydrogen (secondary N) is 2. The predicted octanol–water partition coefficient (Wildman–Crippen LogP) is 6.38. The summed E-state index contributed by atoms with van der Waals surface area (Å²) in [5.41, 5.74) is 1.93. The van der Waals surface area contributed by atoms with Crippen molar-refractivity contribution in [2.45, 2.75) is 58.4 Å². The molecule has 2 heterocycles. The Hall–Kier alpha value is -4.71. The minimum absolute atomic E-state index is 0.0170. The van der Waals surface area contributed by atoms with Gasteiger partial charge in [0.15, 0.2) is 5.65 Å². The summed E-state index contributed by atoms with van der Waals surface area (Å²) in [6, 6.07) is 19.9. The molecule has 0 radical (unpaired) electrons. The average molecular weight is 537 g/mol. The molecule has 0 saturated heterocycles. The van der Waals surface area contributed by atoms with Crippen LogP contribution in [-0.2, 0) is 15.7 Å². The van der Waals surface area contributed by atoms with Gasteiger partial charge in [-0.15, -0.1) is 0 Å². The van der Waals surface area contributed by atoms with Crippen molar-refractivity contribution >= 4 is 34.6 Å². The highest BCUT2D eigenvalue weighted by Crippen LogP contribution is 2.33. The summed E-state index contributed by atoms with van der Waals surface area (Å²) in [5.74, 6) is 1.07. The van der Waals surface area contributed by atoms with Gasteiger partial charge in [0, 0.05) is 34.8 Å². The van der Waals surface area contributed by atoms with Crippen LogP contribution < -0.4 is 15.4 Å². The Morgan fingerprint density at radius 2 is 1.73 bits per heavy atom. The number of imidazole rings is 1. The molecule has 2 aromatic heterocycles. The second-order valence-electron chi connectivity index (χ2n) is 11.6. The molecule has 2 amide bonds. The van der Waals surface area contributed by atoms with E-state index in [9.17, 15) is 14.9 Å². The van der Waals surface area contributed by atoms with Crippen LogP contribution in [0.4, 0.5) is 11.6 Å². The molecule has 2 aromatic carbocycles. The fraction of sp³-hybridized carbons (Fsp3) is 0.323. The smallest absolute Gasteiger partial charge is 0.255 e. The van der Waals surface area contributed by atoms with Gasteiger partial charge in [-0.05, 0) is 83.4 Å². The Kier molecular flexibility index (Phi) is 6.80. The van der Waals surface area contributed by atoms with Crippen molar-refractivity contribution in [1.82, 2.24) is 14.5 Å². The van der Waals surface area contributed by atoms with Crippen molar-refractivity contribution in [2.75, 3.05) is 10.6 Å². The normalized spacial score (nSPS) is 13.5. The molecule has 9 nitrogen and oxygen atoms in total. The van der Waals surface area contributed by atoms with Crippen LogP contribution in [0.1, 0.15) is 63.4 Å². The van der Waals surface area contributed by atoms with Gasteiger partial charge in [0.2, 0.25) is 17.7 Å². The first kappa shape index (κ1) is 26.9. The van der Waals surface area contributed by atoms with E-state index in [4.69, 9.17) is 9.72 Å². The van der Waals surface area contributed by atoms with E-state index in [1.54, 1.807) is 48.5 Å². The summed E-state index contributed by atoms with van der Waals surface area (Å²) >= 11 is 0. The molecule has 0 aliphatic heterocycles. The van der Waals surface area contributed by atoms with E-state index in [1.165, 1.54) is 0 Å². The minimum Gasteiger partial charge on any atom is -0.439 e. The van der Waals surface area contributed by atoms with Crippen LogP contribution in [0, 0.1) is 17.2 Å². The second-order valence-corrected chi connectivity index (χ2v) is 11.6. The highest BCUT2D eigenvalue weighted by molar-refractivity contribution is 6.04. The first-order valence-electron chi connectivity index (χ1n) is 13.3. The molecule has 4 aromatic rings. The van der Waals surface area contributed by atoms with Crippen molar-refractivity contribution in [3.63, 3.8) is 0 Å². The van der Waals surface area contributed by atoms with Gasteiger partial charge in [0.05, 0.1) is 11.5 Å². The number of benzene rings is 2. The Morgan fingerprint density at radius 1 is 0.975 bits per heavy atom. The van der Waals surface area contributed by atoms with Crippen LogP contribution in [0.25, 0.3) is 11.2 Å². The topological polar surface area (TPSA) is 122 Å². The quantitative estimate of drug-likeness (QED) is 0.283. The van der Waals surface area contributed by atoms with Crippen LogP contribution in [-0.4, -0.2) is 26.3 Å². The third-order valence-corrected chi connectivity index (χ3v) is 6.77. The zero-order chi connectivity index (χ0) is 28.7. The number of anilines is 2. The molecule has 5 rings (SSSR count). The van der Waals surface area contributed by atoms with Gasteiger partial charge in [0.1, 0.15) is 11.3 Å². The number of aromatic nitrogens is 3. The molecule has 1 aliphatic rings. The standard InChI is InChI=1S/C31H32N6O3/c1-30(2,3)37-26-24(34-29(37)36-27(38)19-12-13-19)14-15-25(35-26)40-23-11-7-10-22(17-23)33-28(39)20-8-6-9-21(16-20)31(4,5)18-32/h6-11,14-17,19H,12-13H2,1-5H3,(H,33,39)(H,34,36,38). The van der Waals surface area contributed by atoms with Gasteiger partial charge in [-0.25, -0.2) is 4.98 Å². The van der Waals surface area contributed by atoms with Crippen LogP contribution in [0.2, 0.25) is 0 Å². The molecular weight excluding hydrogens is 504 g/mol. The number of ether oxygens (including phenoxy) is 1. The van der Waals surface area contributed by atoms with E-state index in [-0.39, 0.29) is 17.7 Å². The number of hydrogen-bond donors (Lipinski definition) is 2. The maximum atomic E-state index is 13.0. The Bertz CT molecular complexity index is 1650. The second kappa shape index (κ2) is 10.1. The number of nitriles is 1. The third kappa shape index (κ3) is 5.66. The van der Waals surface area contributed by atoms with E-state index in [0.29, 0.717) is 40.0 Å². The van der Waals surface area contributed by atoms with Crippen LogP contribution in [0.5, 0.6) is 11.6 Å². The van der Waals surface area contributed by atoms with Crippen molar-refractivity contribution in [2.24, 2.45) is 5.92 Å². The molecular formula is C31H32N6O3. The fourth-order valence-electron chi connectivity index (χ4n) is 4.35. The highest BCUT2D eigenvalue weighted by atomic mass is 16.5. The Balaban J connectivity index is 1.37. The zero-order valence-electron chi connectivity index (χ0n) is 23.3. The molecule has 2 N–H and O–H groups in total. The molecule has 9 heteroatoms. The summed E-state index contributed by atoms with van der Waals surface area (Å²) in [4.78, 5) is 34.8. The van der Waals surface area contributed by atoms with Gasteiger partial charge in [0.25, 0.3) is 5.91 Å². The van der Waals surface area contributed by atoms with Crippen molar-refractivity contribution in [3.8, 4) is 17.7 Å². The van der Waals surface area contributed by atoms with Gasteiger partial charge >= 0.3 is 0 Å². The third-order valence-electron chi connectivity index (χ3n) is 6.77. The molecule has 0 unspecified atom stereocenters. The van der Waals surface area contributed by atoms with E-state index < -0.39 is 11.0 Å². The number of nitrogens with zero attached hydrogens (tertiary/aromatic N) is 4. The largest absolute Gasteiger partial charge is 0.439 e. The summed E-state index contributed by atoms with van der Waals surface area (Å²) in [7, 11) is 0. The lowest BCUT2D eigenvalue weighted by Crippen LogP contribution is -2.26. The summed E-state index contributed by atoms with van der Waals surface area (Å²) in [6.45, 7) is 9.71. The average Bonchev–Trinajstić information content (AvgIpc) is 3.70. The molecule has 1 saturated carbocycles. The number of pyridine rings is 1. The first-order chi connectivity index (χ1) is 18.9. The summed E-state index contributed by atoms with van der Waals surface area (Å²) in [6.07, 6.45) is 1.81. The predicted molar refractivity (Wildman–Crippen MR) is 153 cm³/mol. The Labute approximate surface area is 233 Å². The Morgan fingerprint density at radius 3 is 2.42 bits per heavy atom. The number of hydrogen-bond acceptors (Lipinski definition) is 6. The molecule has 1 aliphatic carbocycles. The van der Waals surface area contributed by atoms with Gasteiger partial charge in [-0.1, -0.05) is 18.2 Å². The number of rotatable bonds is 7. The molecule has 0 bridgehead atoms. The SMILES string of the molecule is CC(C)(C#N)c1cccc(C(=O)Nc2cccc(Oc3ccc4nc(NC(=O)C5CC5)n(C(C)(C)C)c4n3)c2)c1. The van der Waals surface area contributed by atoms with Crippen LogP contribution >= 0.6 is 0 Å². The van der Waals surface area contributed by atoms with E-state index in [2.05, 4.69) is 21.7 Å². The number of amides is 2. The summed E-state index contributed by atoms with van der Waals surface area (Å²) in [5, 5.41) is 15.3. The number of carbonyl (C=O) groups is 2. The fourth-order valence-corrected chi connectivity index (χ4v) is 4.35. The maximum Gasteiger partial charge on any atom is 0.255 e. The number of fused-ring (bicyclic) bond motifs is 1. The molecule has 40 heavy (non-hydrogen) atoms. The first-order valence-corrected chi connectivity index (χ1v) is 13.3. The minimum atomic E-state index is -0.704. The lowest BCUT2D eigenvalue weighted by molar-refractivity contribution is -0.117. The van der Waals surface area contributed by atoms with Crippen LogP contribution in [0.15, 0.2) is 60.7 Å². The lowest BCUT2D eigenvalue weighted by atomic mass is 9.85. The van der Waals surface area contributed by atoms with E-state index in [0.717, 1.165) is 18.4 Å². The van der Waals surface area contributed by atoms with Crippen LogP contribution in [0.3, 0.4) is 0 Å². The molecule has 1 fully saturated rings. The lowest BCUT2D eigenvalue weighted by Gasteiger charge is -2.24. The van der Waals surface area contributed by atoms with E-state index >= 15 is 0 Å². The molecule has 204 valence electrons. The van der Waals surface area contributed by atoms with Gasteiger partial charge in [-0.3, -0.25) is 19.5 Å². The molecule has 0 atom stereocenters. The van der Waals surface area contributed by atoms with E-state index in [1.807, 2.05) is 51.3 Å². The van der Waals surface area contributed by atoms with Gasteiger partial charge in [-0.2, -0.15) is 10.2 Å². The zero-order valence-corrected chi connectivity index (χ0v) is 23.3. The highest BCUT2D eigenvalue weighted by Gasteiger charge is 2.32. The summed E-state index contributed by atoms with van der Waals surface area (Å²) < 4.78 is 7.98. The molecule has 0 spiro atoms. The van der Waals surface area contributed by atoms with Crippen molar-refractivity contribution in [1.29, 1.82) is 5.26 Å². The number of carbonyl (C=O) groups excluding carboxylic acids is 2. The van der Waals surface area contributed by atoms with Crippen molar-refractivity contribution in [3.05, 3.63) is 71.8 Å².